The van der Waals surface area contributed by atoms with Gasteiger partial charge in [0, 0.05) is 12.7 Å². The summed E-state index contributed by atoms with van der Waals surface area (Å²) in [4.78, 5) is 0. The van der Waals surface area contributed by atoms with Crippen LogP contribution in [0.3, 0.4) is 0 Å². The van der Waals surface area contributed by atoms with Crippen molar-refractivity contribution in [1.82, 2.24) is 0 Å². The number of methoxy groups -OCH3 is 3. The molecule has 0 aliphatic rings. The van der Waals surface area contributed by atoms with E-state index >= 15 is 0 Å². The third-order valence-electron chi connectivity index (χ3n) is 3.10. The average Bonchev–Trinajstić information content (AvgIpc) is 2.38. The van der Waals surface area contributed by atoms with E-state index in [-0.39, 0.29) is 0 Å². The van der Waals surface area contributed by atoms with Crippen molar-refractivity contribution in [2.24, 2.45) is 5.73 Å². The van der Waals surface area contributed by atoms with Gasteiger partial charge in [-0.2, -0.15) is 0 Å². The minimum atomic E-state index is 0.375. The molecule has 1 aromatic rings. The van der Waals surface area contributed by atoms with E-state index in [1.165, 1.54) is 5.56 Å². The van der Waals surface area contributed by atoms with Crippen LogP contribution in [-0.2, 0) is 11.3 Å². The highest BCUT2D eigenvalue weighted by Gasteiger charge is 2.18. The predicted octanol–water partition coefficient (Wildman–Crippen LogP) is 2.30. The Morgan fingerprint density at radius 2 is 1.89 bits per heavy atom. The van der Waals surface area contributed by atoms with Crippen molar-refractivity contribution in [3.05, 3.63) is 23.3 Å². The molecule has 0 bridgehead atoms. The zero-order valence-corrected chi connectivity index (χ0v) is 11.7. The van der Waals surface area contributed by atoms with E-state index in [2.05, 4.69) is 13.0 Å². The summed E-state index contributed by atoms with van der Waals surface area (Å²) in [5, 5.41) is 0. The fourth-order valence-corrected chi connectivity index (χ4v) is 2.17. The Labute approximate surface area is 109 Å². The fraction of sp³-hybridized carbons (Fsp3) is 0.571. The molecule has 0 aliphatic heterocycles. The Morgan fingerprint density at radius 1 is 1.17 bits per heavy atom. The number of benzene rings is 1. The monoisotopic (exact) mass is 253 g/mol. The second-order valence-electron chi connectivity index (χ2n) is 4.28. The molecule has 4 heteroatoms. The van der Waals surface area contributed by atoms with Gasteiger partial charge >= 0.3 is 0 Å². The van der Waals surface area contributed by atoms with Gasteiger partial charge in [-0.3, -0.25) is 0 Å². The van der Waals surface area contributed by atoms with E-state index in [0.29, 0.717) is 19.1 Å². The molecule has 1 unspecified atom stereocenters. The lowest BCUT2D eigenvalue weighted by atomic mass is 9.92. The number of ether oxygens (including phenoxy) is 3. The van der Waals surface area contributed by atoms with Crippen LogP contribution in [0, 0.1) is 0 Å². The first-order chi connectivity index (χ1) is 8.69. The van der Waals surface area contributed by atoms with Crippen LogP contribution in [0.1, 0.15) is 30.4 Å². The molecule has 0 fully saturated rings. The number of nitrogens with two attached hydrogens (primary N) is 1. The summed E-state index contributed by atoms with van der Waals surface area (Å²) in [6, 6.07) is 4.00. The maximum absolute atomic E-state index is 5.63. The molecule has 0 radical (unpaired) electrons. The fourth-order valence-electron chi connectivity index (χ4n) is 2.17. The van der Waals surface area contributed by atoms with Gasteiger partial charge in [-0.25, -0.2) is 0 Å². The normalized spacial score (nSPS) is 12.3. The lowest BCUT2D eigenvalue weighted by Crippen LogP contribution is -2.09. The van der Waals surface area contributed by atoms with Gasteiger partial charge in [0.15, 0.2) is 11.5 Å². The molecule has 0 saturated heterocycles. The minimum Gasteiger partial charge on any atom is -0.493 e. The lowest BCUT2D eigenvalue weighted by Gasteiger charge is -2.20. The Bertz CT molecular complexity index is 380. The van der Waals surface area contributed by atoms with E-state index in [1.54, 1.807) is 21.3 Å². The Morgan fingerprint density at radius 3 is 2.39 bits per heavy atom. The van der Waals surface area contributed by atoms with Gasteiger partial charge in [0.2, 0.25) is 0 Å². The molecule has 0 aliphatic carbocycles. The van der Waals surface area contributed by atoms with E-state index in [4.69, 9.17) is 19.9 Å². The van der Waals surface area contributed by atoms with Crippen molar-refractivity contribution >= 4 is 0 Å². The first kappa shape index (κ1) is 14.8. The summed E-state index contributed by atoms with van der Waals surface area (Å²) >= 11 is 0. The van der Waals surface area contributed by atoms with Crippen molar-refractivity contribution in [3.63, 3.8) is 0 Å². The second kappa shape index (κ2) is 7.24. The molecule has 1 rings (SSSR count). The van der Waals surface area contributed by atoms with Crippen LogP contribution in [0.15, 0.2) is 12.1 Å². The molecule has 0 spiro atoms. The van der Waals surface area contributed by atoms with E-state index in [9.17, 15) is 0 Å². The molecule has 2 N–H and O–H groups in total. The topological polar surface area (TPSA) is 53.7 Å². The number of hydrogen-bond acceptors (Lipinski definition) is 4. The van der Waals surface area contributed by atoms with Gasteiger partial charge in [0.1, 0.15) is 0 Å². The summed E-state index contributed by atoms with van der Waals surface area (Å²) in [7, 11) is 4.96. The van der Waals surface area contributed by atoms with Crippen LogP contribution in [0.5, 0.6) is 11.5 Å². The number of hydrogen-bond donors (Lipinski definition) is 1. The molecule has 0 saturated carbocycles. The third kappa shape index (κ3) is 3.15. The smallest absolute Gasteiger partial charge is 0.166 e. The Kier molecular flexibility index (Phi) is 5.95. The maximum atomic E-state index is 5.63. The zero-order chi connectivity index (χ0) is 13.5. The first-order valence-corrected chi connectivity index (χ1v) is 6.12. The molecule has 0 aromatic heterocycles. The van der Waals surface area contributed by atoms with Gasteiger partial charge < -0.3 is 19.9 Å². The summed E-state index contributed by atoms with van der Waals surface area (Å²) in [5.41, 5.74) is 7.88. The Hall–Kier alpha value is -1.26. The van der Waals surface area contributed by atoms with Crippen LogP contribution < -0.4 is 15.2 Å². The Balaban J connectivity index is 3.24. The first-order valence-electron chi connectivity index (χ1n) is 6.12. The van der Waals surface area contributed by atoms with Gasteiger partial charge in [-0.1, -0.05) is 13.0 Å². The molecule has 18 heavy (non-hydrogen) atoms. The molecular weight excluding hydrogens is 230 g/mol. The highest BCUT2D eigenvalue weighted by atomic mass is 16.5. The van der Waals surface area contributed by atoms with Gasteiger partial charge in [0.25, 0.3) is 0 Å². The minimum absolute atomic E-state index is 0.375. The molecular formula is C14H23NO3. The van der Waals surface area contributed by atoms with E-state index in [0.717, 1.165) is 23.5 Å². The SMILES string of the molecule is COCc1c(C(C)CCN)ccc(OC)c1OC. The van der Waals surface area contributed by atoms with E-state index in [1.807, 2.05) is 6.07 Å². The molecule has 1 atom stereocenters. The summed E-state index contributed by atoms with van der Waals surface area (Å²) < 4.78 is 16.0. The second-order valence-corrected chi connectivity index (χ2v) is 4.28. The van der Waals surface area contributed by atoms with Gasteiger partial charge in [0.05, 0.1) is 20.8 Å². The van der Waals surface area contributed by atoms with Crippen molar-refractivity contribution < 1.29 is 14.2 Å². The molecule has 0 heterocycles. The van der Waals surface area contributed by atoms with Crippen molar-refractivity contribution in [1.29, 1.82) is 0 Å². The van der Waals surface area contributed by atoms with Crippen LogP contribution in [0.25, 0.3) is 0 Å². The van der Waals surface area contributed by atoms with Crippen LogP contribution in [-0.4, -0.2) is 27.9 Å². The molecule has 0 amide bonds. The molecule has 4 nitrogen and oxygen atoms in total. The summed E-state index contributed by atoms with van der Waals surface area (Å²) in [6.07, 6.45) is 0.937. The van der Waals surface area contributed by atoms with E-state index < -0.39 is 0 Å². The van der Waals surface area contributed by atoms with Crippen molar-refractivity contribution in [2.45, 2.75) is 25.9 Å². The van der Waals surface area contributed by atoms with Gasteiger partial charge in [-0.05, 0) is 30.5 Å². The highest BCUT2D eigenvalue weighted by molar-refractivity contribution is 5.51. The molecule has 1 aromatic carbocycles. The third-order valence-corrected chi connectivity index (χ3v) is 3.10. The van der Waals surface area contributed by atoms with Crippen LogP contribution in [0.2, 0.25) is 0 Å². The standard InChI is InChI=1S/C14H23NO3/c1-10(7-8-15)11-5-6-13(17-3)14(18-4)12(11)9-16-2/h5-6,10H,7-9,15H2,1-4H3. The van der Waals surface area contributed by atoms with Gasteiger partial charge in [-0.15, -0.1) is 0 Å². The predicted molar refractivity (Wildman–Crippen MR) is 72.3 cm³/mol. The molecule has 102 valence electrons. The lowest BCUT2D eigenvalue weighted by molar-refractivity contribution is 0.179. The quantitative estimate of drug-likeness (QED) is 0.810. The average molecular weight is 253 g/mol. The van der Waals surface area contributed by atoms with Crippen LogP contribution in [0.4, 0.5) is 0 Å². The number of rotatable bonds is 7. The zero-order valence-electron chi connectivity index (χ0n) is 11.7. The van der Waals surface area contributed by atoms with Crippen molar-refractivity contribution in [2.75, 3.05) is 27.9 Å². The summed E-state index contributed by atoms with van der Waals surface area (Å²) in [5.74, 6) is 1.86. The van der Waals surface area contributed by atoms with Crippen LogP contribution >= 0.6 is 0 Å². The largest absolute Gasteiger partial charge is 0.493 e. The maximum Gasteiger partial charge on any atom is 0.166 e. The highest BCUT2D eigenvalue weighted by Crippen LogP contribution is 2.37. The summed E-state index contributed by atoms with van der Waals surface area (Å²) in [6.45, 7) is 3.33. The van der Waals surface area contributed by atoms with Crippen molar-refractivity contribution in [3.8, 4) is 11.5 Å².